The Morgan fingerprint density at radius 2 is 1.64 bits per heavy atom. The van der Waals surface area contributed by atoms with Gasteiger partial charge in [0.05, 0.1) is 34.1 Å². The molecule has 3 aromatic rings. The number of nitrogens with zero attached hydrogens (tertiary/aromatic N) is 5. The van der Waals surface area contributed by atoms with Gasteiger partial charge in [0.2, 0.25) is 5.82 Å². The topological polar surface area (TPSA) is 108 Å². The second kappa shape index (κ2) is 8.26. The highest BCUT2D eigenvalue weighted by atomic mass is 19.2. The fourth-order valence-corrected chi connectivity index (χ4v) is 3.05. The highest BCUT2D eigenvalue weighted by Gasteiger charge is 2.33. The summed E-state index contributed by atoms with van der Waals surface area (Å²) in [6.07, 6.45) is 2.06. The fraction of sp³-hybridized carbons (Fsp3) is 0.316. The number of aryl methyl sites for hydroxylation is 1. The number of amides is 1. The Morgan fingerprint density at radius 3 is 2.15 bits per heavy atom. The lowest BCUT2D eigenvalue weighted by atomic mass is 10.0. The maximum absolute atomic E-state index is 14.1. The summed E-state index contributed by atoms with van der Waals surface area (Å²) in [7, 11) is 0. The Bertz CT molecular complexity index is 1250. The molecule has 2 heterocycles. The first-order valence-electron chi connectivity index (χ1n) is 9.32. The van der Waals surface area contributed by atoms with Gasteiger partial charge < -0.3 is 5.32 Å². The number of hydrogen-bond donors (Lipinski definition) is 1. The molecule has 0 radical (unpaired) electrons. The van der Waals surface area contributed by atoms with Crippen molar-refractivity contribution < 1.29 is 31.7 Å². The minimum Gasteiger partial charge on any atom is -0.321 e. The van der Waals surface area contributed by atoms with Crippen molar-refractivity contribution >= 4 is 17.3 Å². The van der Waals surface area contributed by atoms with Gasteiger partial charge in [0.15, 0.2) is 23.3 Å². The van der Waals surface area contributed by atoms with E-state index in [1.165, 1.54) is 27.7 Å². The molecule has 9 nitrogen and oxygen atoms in total. The van der Waals surface area contributed by atoms with Crippen LogP contribution in [0.1, 0.15) is 30.8 Å². The van der Waals surface area contributed by atoms with Crippen LogP contribution >= 0.6 is 0 Å². The van der Waals surface area contributed by atoms with Crippen LogP contribution in [0, 0.1) is 53.0 Å². The van der Waals surface area contributed by atoms with E-state index in [-0.39, 0.29) is 22.8 Å². The van der Waals surface area contributed by atoms with Crippen LogP contribution in [0.15, 0.2) is 12.4 Å². The number of carbonyl (C=O) groups is 1. The van der Waals surface area contributed by atoms with Gasteiger partial charge in [-0.2, -0.15) is 10.2 Å². The molecule has 0 fully saturated rings. The van der Waals surface area contributed by atoms with E-state index in [9.17, 15) is 36.9 Å². The lowest BCUT2D eigenvalue weighted by molar-refractivity contribution is -0.385. The first kappa shape index (κ1) is 23.8. The Balaban J connectivity index is 1.91. The van der Waals surface area contributed by atoms with Crippen molar-refractivity contribution in [1.29, 1.82) is 0 Å². The van der Waals surface area contributed by atoms with Crippen molar-refractivity contribution in [3.63, 3.8) is 0 Å². The van der Waals surface area contributed by atoms with Gasteiger partial charge in [-0.1, -0.05) is 0 Å². The predicted molar refractivity (Wildman–Crippen MR) is 104 cm³/mol. The van der Waals surface area contributed by atoms with Crippen molar-refractivity contribution in [1.82, 2.24) is 19.6 Å². The van der Waals surface area contributed by atoms with Crippen LogP contribution < -0.4 is 5.32 Å². The molecule has 1 N–H and O–H groups in total. The molecule has 3 rings (SSSR count). The number of aromatic nitrogens is 4. The molecule has 0 saturated carbocycles. The molecule has 0 spiro atoms. The van der Waals surface area contributed by atoms with Gasteiger partial charge in [0.25, 0.3) is 5.91 Å². The molecule has 0 saturated heterocycles. The Labute approximate surface area is 183 Å². The largest absolute Gasteiger partial charge is 0.321 e. The van der Waals surface area contributed by atoms with E-state index in [1.807, 2.05) is 0 Å². The summed E-state index contributed by atoms with van der Waals surface area (Å²) in [6.45, 7) is 4.99. The quantitative estimate of drug-likeness (QED) is 0.193. The molecule has 14 heteroatoms. The minimum absolute atomic E-state index is 0.138. The Kier molecular flexibility index (Phi) is 5.96. The molecule has 0 aliphatic rings. The van der Waals surface area contributed by atoms with E-state index in [0.29, 0.717) is 0 Å². The van der Waals surface area contributed by atoms with Gasteiger partial charge in [0, 0.05) is 0 Å². The maximum atomic E-state index is 14.1. The van der Waals surface area contributed by atoms with E-state index < -0.39 is 57.6 Å². The third kappa shape index (κ3) is 4.03. The number of nitrogens with one attached hydrogen (secondary N) is 1. The van der Waals surface area contributed by atoms with Gasteiger partial charge in [-0.15, -0.1) is 0 Å². The molecule has 0 unspecified atom stereocenters. The first-order valence-corrected chi connectivity index (χ1v) is 9.32. The van der Waals surface area contributed by atoms with Crippen molar-refractivity contribution in [3.8, 4) is 0 Å². The van der Waals surface area contributed by atoms with Crippen molar-refractivity contribution in [2.24, 2.45) is 0 Å². The highest BCUT2D eigenvalue weighted by molar-refractivity contribution is 5.97. The van der Waals surface area contributed by atoms with E-state index in [2.05, 4.69) is 15.5 Å². The summed E-state index contributed by atoms with van der Waals surface area (Å²) in [5.41, 5.74) is -2.29. The molecule has 33 heavy (non-hydrogen) atoms. The van der Waals surface area contributed by atoms with Crippen LogP contribution in [-0.2, 0) is 16.9 Å². The van der Waals surface area contributed by atoms with Gasteiger partial charge in [-0.05, 0) is 27.7 Å². The van der Waals surface area contributed by atoms with E-state index >= 15 is 0 Å². The number of benzene rings is 1. The molecular formula is C19H17F5N6O3. The number of rotatable bonds is 6. The Hall–Kier alpha value is -3.84. The second-order valence-corrected chi connectivity index (χ2v) is 7.67. The summed E-state index contributed by atoms with van der Waals surface area (Å²) >= 11 is 0. The monoisotopic (exact) mass is 472 g/mol. The van der Waals surface area contributed by atoms with Crippen molar-refractivity contribution in [2.75, 3.05) is 5.32 Å². The summed E-state index contributed by atoms with van der Waals surface area (Å²) in [4.78, 5) is 23.1. The third-order valence-electron chi connectivity index (χ3n) is 5.14. The zero-order valence-electron chi connectivity index (χ0n) is 17.7. The molecule has 0 atom stereocenters. The predicted octanol–water partition coefficient (Wildman–Crippen LogP) is 3.72. The smallest absolute Gasteiger partial charge is 0.307 e. The molecule has 176 valence electrons. The number of halogens is 5. The molecular weight excluding hydrogens is 455 g/mol. The summed E-state index contributed by atoms with van der Waals surface area (Å²) in [6, 6.07) is 0. The van der Waals surface area contributed by atoms with Crippen LogP contribution in [0.2, 0.25) is 0 Å². The van der Waals surface area contributed by atoms with Crippen LogP contribution in [-0.4, -0.2) is 30.4 Å². The average Bonchev–Trinajstić information content (AvgIpc) is 3.36. The molecule has 2 aromatic heterocycles. The van der Waals surface area contributed by atoms with Crippen LogP contribution in [0.4, 0.5) is 33.3 Å². The van der Waals surface area contributed by atoms with Gasteiger partial charge >= 0.3 is 5.69 Å². The second-order valence-electron chi connectivity index (χ2n) is 7.67. The van der Waals surface area contributed by atoms with Gasteiger partial charge in [-0.3, -0.25) is 24.3 Å². The number of hydrogen-bond acceptors (Lipinski definition) is 5. The summed E-state index contributed by atoms with van der Waals surface area (Å²) in [5, 5.41) is 21.3. The molecule has 0 aliphatic carbocycles. The lowest BCUT2D eigenvalue weighted by Gasteiger charge is -2.24. The summed E-state index contributed by atoms with van der Waals surface area (Å²) < 4.78 is 70.5. The molecule has 1 aromatic carbocycles. The fourth-order valence-electron chi connectivity index (χ4n) is 3.05. The normalized spacial score (nSPS) is 11.7. The molecule has 0 aliphatic heterocycles. The molecule has 0 bridgehead atoms. The van der Waals surface area contributed by atoms with Crippen LogP contribution in [0.3, 0.4) is 0 Å². The lowest BCUT2D eigenvalue weighted by Crippen LogP contribution is -2.40. The average molecular weight is 472 g/mol. The molecule has 1 amide bonds. The third-order valence-corrected chi connectivity index (χ3v) is 5.14. The van der Waals surface area contributed by atoms with E-state index in [1.54, 1.807) is 0 Å². The van der Waals surface area contributed by atoms with Crippen LogP contribution in [0.25, 0.3) is 0 Å². The number of nitro groups is 1. The number of carbonyl (C=O) groups excluding carboxylic acids is 1. The Morgan fingerprint density at radius 1 is 1.09 bits per heavy atom. The van der Waals surface area contributed by atoms with Crippen molar-refractivity contribution in [3.05, 3.63) is 68.5 Å². The van der Waals surface area contributed by atoms with E-state index in [0.717, 1.165) is 21.8 Å². The standard InChI is InChI=1S/C19H17F5N6O3/c1-8-17(26-18(31)19(3,4)29-6-10(5-25-29)30(32)33)9(2)28(27-8)7-11-12(20)14(22)16(24)15(23)13(11)21/h5-6H,7H2,1-4H3,(H,26,31). The van der Waals surface area contributed by atoms with E-state index in [4.69, 9.17) is 0 Å². The van der Waals surface area contributed by atoms with Crippen molar-refractivity contribution in [2.45, 2.75) is 39.8 Å². The van der Waals surface area contributed by atoms with Crippen LogP contribution in [0.5, 0.6) is 0 Å². The first-order chi connectivity index (χ1) is 15.3. The van der Waals surface area contributed by atoms with Gasteiger partial charge in [-0.25, -0.2) is 22.0 Å². The zero-order valence-corrected chi connectivity index (χ0v) is 17.7. The highest BCUT2D eigenvalue weighted by Crippen LogP contribution is 2.27. The summed E-state index contributed by atoms with van der Waals surface area (Å²) in [5.74, 6) is -11.0. The zero-order chi connectivity index (χ0) is 24.8. The SMILES string of the molecule is Cc1nn(Cc2c(F)c(F)c(F)c(F)c2F)c(C)c1NC(=O)C(C)(C)n1cc([N+](=O)[O-])cn1. The number of anilines is 1. The minimum atomic E-state index is -2.27. The van der Waals surface area contributed by atoms with Gasteiger partial charge in [0.1, 0.15) is 17.9 Å². The maximum Gasteiger partial charge on any atom is 0.307 e.